The molecule has 33 heavy (non-hydrogen) atoms. The molecule has 0 aromatic carbocycles. The second-order valence-corrected chi connectivity index (χ2v) is 9.11. The van der Waals surface area contributed by atoms with Gasteiger partial charge in [-0.3, -0.25) is 0 Å². The molecule has 1 N–H and O–H groups in total. The molecule has 0 radical (unpaired) electrons. The molecule has 0 bridgehead atoms. The molecule has 0 fully saturated rings. The minimum absolute atomic E-state index is 0.0922. The first-order valence-corrected chi connectivity index (χ1v) is 14.2. The molecule has 2 aromatic heterocycles. The largest absolute Gasteiger partial charge is 0.490 e. The van der Waals surface area contributed by atoms with Crippen molar-refractivity contribution in [2.45, 2.75) is 39.5 Å². The van der Waals surface area contributed by atoms with Crippen molar-refractivity contribution in [2.24, 2.45) is 0 Å². The van der Waals surface area contributed by atoms with Crippen LogP contribution < -0.4 is 4.74 Å². The van der Waals surface area contributed by atoms with Crippen LogP contribution in [0.4, 0.5) is 0 Å². The predicted molar refractivity (Wildman–Crippen MR) is 142 cm³/mol. The van der Waals surface area contributed by atoms with Crippen LogP contribution >= 0.6 is 38.6 Å². The summed E-state index contributed by atoms with van der Waals surface area (Å²) in [5.41, 5.74) is 0. The van der Waals surface area contributed by atoms with Crippen molar-refractivity contribution < 1.29 is 28.8 Å². The summed E-state index contributed by atoms with van der Waals surface area (Å²) in [6, 6.07) is 3.98. The van der Waals surface area contributed by atoms with Crippen LogP contribution in [0.2, 0.25) is 0 Å². The van der Waals surface area contributed by atoms with Gasteiger partial charge in [-0.2, -0.15) is 11.3 Å². The first-order chi connectivity index (χ1) is 16.2. The number of halogens is 1. The molecule has 192 valence electrons. The van der Waals surface area contributed by atoms with Crippen molar-refractivity contribution in [3.8, 4) is 5.75 Å². The molecule has 0 spiro atoms. The van der Waals surface area contributed by atoms with Crippen molar-refractivity contribution in [3.05, 3.63) is 38.1 Å². The summed E-state index contributed by atoms with van der Waals surface area (Å²) in [6.45, 7) is 10.2. The van der Waals surface area contributed by atoms with Gasteiger partial charge >= 0.3 is 0 Å². The molecule has 2 heterocycles. The minimum Gasteiger partial charge on any atom is -0.490 e. The molecule has 2 rings (SSSR count). The van der Waals surface area contributed by atoms with Crippen LogP contribution in [0.5, 0.6) is 5.75 Å². The maximum atomic E-state index is 8.34. The van der Waals surface area contributed by atoms with E-state index in [2.05, 4.69) is 29.8 Å². The van der Waals surface area contributed by atoms with Gasteiger partial charge in [-0.15, -0.1) is 11.3 Å². The third-order valence-electron chi connectivity index (χ3n) is 3.74. The quantitative estimate of drug-likeness (QED) is 0.213. The van der Waals surface area contributed by atoms with Crippen LogP contribution in [0.1, 0.15) is 39.5 Å². The molecular formula is C24H41BrO6S2. The third kappa shape index (κ3) is 25.9. The molecular weight excluding hydrogens is 528 g/mol. The Bertz CT molecular complexity index is 562. The zero-order valence-corrected chi connectivity index (χ0v) is 23.3. The molecule has 0 saturated heterocycles. The number of unbranched alkanes of at least 4 members (excludes halogenated alkanes) is 2. The first kappa shape index (κ1) is 32.5. The van der Waals surface area contributed by atoms with Crippen LogP contribution in [0.25, 0.3) is 0 Å². The lowest BCUT2D eigenvalue weighted by atomic mass is 10.4. The molecule has 0 atom stereocenters. The second kappa shape index (κ2) is 27.7. The average Bonchev–Trinajstić information content (AvgIpc) is 3.52. The van der Waals surface area contributed by atoms with Crippen LogP contribution in [0.15, 0.2) is 38.1 Å². The van der Waals surface area contributed by atoms with Gasteiger partial charge in [0, 0.05) is 28.4 Å². The Morgan fingerprint density at radius 3 is 1.64 bits per heavy atom. The summed E-state index contributed by atoms with van der Waals surface area (Å²) in [7, 11) is 0. The molecule has 0 aliphatic rings. The standard InChI is InChI=1S/C12H20O3S.C8H18O3.C4H3BrS/c1-2-3-5-13-6-7-14-8-9-15-12-4-10-16-11-12;1-2-3-5-10-7-8-11-6-4-9;5-4-1-2-6-3-4/h4,10-11H,2-3,5-9H2,1H3;9H,2-8H2,1H3;1-3H. The van der Waals surface area contributed by atoms with Gasteiger partial charge in [-0.05, 0) is 51.7 Å². The van der Waals surface area contributed by atoms with E-state index in [-0.39, 0.29) is 6.61 Å². The fourth-order valence-corrected chi connectivity index (χ4v) is 3.72. The van der Waals surface area contributed by atoms with Crippen molar-refractivity contribution in [2.75, 3.05) is 66.1 Å². The van der Waals surface area contributed by atoms with Gasteiger partial charge in [0.2, 0.25) is 0 Å². The number of rotatable bonds is 18. The Morgan fingerprint density at radius 1 is 0.697 bits per heavy atom. The monoisotopic (exact) mass is 568 g/mol. The predicted octanol–water partition coefficient (Wildman–Crippen LogP) is 6.28. The number of hydrogen-bond acceptors (Lipinski definition) is 8. The minimum atomic E-state index is 0.0922. The van der Waals surface area contributed by atoms with E-state index in [0.717, 1.165) is 38.2 Å². The van der Waals surface area contributed by atoms with Crippen molar-refractivity contribution in [1.82, 2.24) is 0 Å². The van der Waals surface area contributed by atoms with E-state index in [4.69, 9.17) is 28.8 Å². The van der Waals surface area contributed by atoms with Gasteiger partial charge < -0.3 is 28.8 Å². The summed E-state index contributed by atoms with van der Waals surface area (Å²) >= 11 is 6.62. The number of thiophene rings is 2. The average molecular weight is 570 g/mol. The lowest BCUT2D eigenvalue weighted by molar-refractivity contribution is 0.0324. The van der Waals surface area contributed by atoms with Crippen molar-refractivity contribution >= 4 is 38.6 Å². The van der Waals surface area contributed by atoms with Crippen LogP contribution in [0, 0.1) is 0 Å². The van der Waals surface area contributed by atoms with Gasteiger partial charge in [0.15, 0.2) is 0 Å². The summed E-state index contributed by atoms with van der Waals surface area (Å²) < 4.78 is 27.5. The first-order valence-electron chi connectivity index (χ1n) is 11.5. The highest BCUT2D eigenvalue weighted by Crippen LogP contribution is 2.14. The normalized spacial score (nSPS) is 10.2. The lowest BCUT2D eigenvalue weighted by Gasteiger charge is -2.06. The highest BCUT2D eigenvalue weighted by molar-refractivity contribution is 9.10. The van der Waals surface area contributed by atoms with Gasteiger partial charge in [0.1, 0.15) is 12.4 Å². The van der Waals surface area contributed by atoms with Crippen LogP contribution in [-0.4, -0.2) is 71.2 Å². The van der Waals surface area contributed by atoms with Gasteiger partial charge in [0.25, 0.3) is 0 Å². The smallest absolute Gasteiger partial charge is 0.130 e. The summed E-state index contributed by atoms with van der Waals surface area (Å²) in [5, 5.41) is 16.4. The topological polar surface area (TPSA) is 66.4 Å². The van der Waals surface area contributed by atoms with Crippen LogP contribution in [0.3, 0.4) is 0 Å². The maximum Gasteiger partial charge on any atom is 0.130 e. The van der Waals surface area contributed by atoms with Crippen molar-refractivity contribution in [1.29, 1.82) is 0 Å². The summed E-state index contributed by atoms with van der Waals surface area (Å²) in [6.07, 6.45) is 4.58. The fraction of sp³-hybridized carbons (Fsp3) is 0.667. The van der Waals surface area contributed by atoms with E-state index in [1.807, 2.05) is 33.7 Å². The third-order valence-corrected chi connectivity index (χ3v) is 5.88. The Kier molecular flexibility index (Phi) is 27.3. The molecule has 0 unspecified atom stereocenters. The number of aliphatic hydroxyl groups is 1. The second-order valence-electron chi connectivity index (χ2n) is 6.63. The van der Waals surface area contributed by atoms with Crippen molar-refractivity contribution in [3.63, 3.8) is 0 Å². The van der Waals surface area contributed by atoms with E-state index < -0.39 is 0 Å². The molecule has 0 amide bonds. The zero-order chi connectivity index (χ0) is 24.2. The SMILES string of the molecule is Brc1ccsc1.CCCCOCCOCCO.CCCCOCCOCCOc1ccsc1. The Hall–Kier alpha value is -0.520. The summed E-state index contributed by atoms with van der Waals surface area (Å²) in [5.74, 6) is 0.924. The molecule has 9 heteroatoms. The van der Waals surface area contributed by atoms with Gasteiger partial charge in [0.05, 0.1) is 46.2 Å². The molecule has 0 aliphatic carbocycles. The van der Waals surface area contributed by atoms with E-state index in [0.29, 0.717) is 46.2 Å². The van der Waals surface area contributed by atoms with E-state index in [1.165, 1.54) is 10.9 Å². The zero-order valence-electron chi connectivity index (χ0n) is 20.0. The highest BCUT2D eigenvalue weighted by atomic mass is 79.9. The van der Waals surface area contributed by atoms with E-state index in [9.17, 15) is 0 Å². The lowest BCUT2D eigenvalue weighted by Crippen LogP contribution is -2.10. The van der Waals surface area contributed by atoms with E-state index >= 15 is 0 Å². The number of ether oxygens (including phenoxy) is 5. The van der Waals surface area contributed by atoms with Crippen LogP contribution in [-0.2, 0) is 18.9 Å². The Morgan fingerprint density at radius 2 is 1.21 bits per heavy atom. The molecule has 0 saturated carbocycles. The molecule has 0 aliphatic heterocycles. The maximum absolute atomic E-state index is 8.34. The molecule has 6 nitrogen and oxygen atoms in total. The van der Waals surface area contributed by atoms with Gasteiger partial charge in [-0.1, -0.05) is 26.7 Å². The summed E-state index contributed by atoms with van der Waals surface area (Å²) in [4.78, 5) is 0. The number of aliphatic hydroxyl groups excluding tert-OH is 1. The number of hydrogen-bond donors (Lipinski definition) is 1. The van der Waals surface area contributed by atoms with E-state index in [1.54, 1.807) is 22.7 Å². The fourth-order valence-electron chi connectivity index (χ4n) is 2.00. The Balaban J connectivity index is 0.000000518. The molecule has 2 aromatic rings. The highest BCUT2D eigenvalue weighted by Gasteiger charge is 1.94. The van der Waals surface area contributed by atoms with Gasteiger partial charge in [-0.25, -0.2) is 0 Å². The Labute approximate surface area is 216 Å².